The van der Waals surface area contributed by atoms with E-state index in [1.165, 1.54) is 6.07 Å². The van der Waals surface area contributed by atoms with Crippen LogP contribution in [-0.2, 0) is 10.0 Å². The molecule has 0 atom stereocenters. The molecule has 1 N–H and O–H groups in total. The van der Waals surface area contributed by atoms with E-state index in [1.807, 2.05) is 12.1 Å². The van der Waals surface area contributed by atoms with E-state index in [1.54, 1.807) is 32.0 Å². The normalized spacial score (nSPS) is 12.2. The zero-order valence-corrected chi connectivity index (χ0v) is 11.7. The highest BCUT2D eigenvalue weighted by atomic mass is 35.5. The predicted octanol–water partition coefficient (Wildman–Crippen LogP) is 3.18. The Balaban J connectivity index is 2.70. The second-order valence-corrected chi connectivity index (χ2v) is 6.46. The van der Waals surface area contributed by atoms with Crippen LogP contribution in [0, 0.1) is 0 Å². The van der Waals surface area contributed by atoms with Crippen LogP contribution in [0.1, 0.15) is 13.8 Å². The van der Waals surface area contributed by atoms with E-state index in [4.69, 9.17) is 11.6 Å². The molecule has 0 saturated heterocycles. The zero-order valence-electron chi connectivity index (χ0n) is 10.1. The summed E-state index contributed by atoms with van der Waals surface area (Å²) in [5.41, 5.74) is 0. The minimum Gasteiger partial charge on any atom is -0.209 e. The molecule has 0 aromatic heterocycles. The van der Waals surface area contributed by atoms with Gasteiger partial charge in [-0.2, -0.15) is 0 Å². The standard InChI is InChI=1S/C13H14ClNO2S/c1-9(2)15-18(16,17)13-8-7-12(14)10-5-3-4-6-11(10)13/h3-9,15H,1-2H3. The lowest BCUT2D eigenvalue weighted by molar-refractivity contribution is 0.571. The van der Waals surface area contributed by atoms with Crippen molar-refractivity contribution in [2.75, 3.05) is 0 Å². The predicted molar refractivity (Wildman–Crippen MR) is 74.4 cm³/mol. The Hall–Kier alpha value is -1.10. The number of hydrogen-bond acceptors (Lipinski definition) is 2. The van der Waals surface area contributed by atoms with E-state index in [9.17, 15) is 8.42 Å². The summed E-state index contributed by atoms with van der Waals surface area (Å²) < 4.78 is 27.0. The highest BCUT2D eigenvalue weighted by Gasteiger charge is 2.18. The molecule has 0 radical (unpaired) electrons. The Labute approximate surface area is 112 Å². The Morgan fingerprint density at radius 1 is 1.06 bits per heavy atom. The maximum Gasteiger partial charge on any atom is 0.241 e. The van der Waals surface area contributed by atoms with Crippen LogP contribution in [0.4, 0.5) is 0 Å². The molecule has 0 amide bonds. The monoisotopic (exact) mass is 283 g/mol. The average molecular weight is 284 g/mol. The van der Waals surface area contributed by atoms with Gasteiger partial charge in [-0.3, -0.25) is 0 Å². The lowest BCUT2D eigenvalue weighted by Crippen LogP contribution is -2.30. The third-order valence-corrected chi connectivity index (χ3v) is 4.56. The number of rotatable bonds is 3. The quantitative estimate of drug-likeness (QED) is 0.940. The van der Waals surface area contributed by atoms with Gasteiger partial charge in [-0.05, 0) is 26.0 Å². The van der Waals surface area contributed by atoms with Gasteiger partial charge in [0.2, 0.25) is 10.0 Å². The van der Waals surface area contributed by atoms with Crippen LogP contribution in [0.3, 0.4) is 0 Å². The van der Waals surface area contributed by atoms with E-state index in [2.05, 4.69) is 4.72 Å². The third-order valence-electron chi connectivity index (χ3n) is 2.51. The fraction of sp³-hybridized carbons (Fsp3) is 0.231. The number of benzene rings is 2. The number of hydrogen-bond donors (Lipinski definition) is 1. The number of halogens is 1. The lowest BCUT2D eigenvalue weighted by Gasteiger charge is -2.12. The van der Waals surface area contributed by atoms with Crippen molar-refractivity contribution in [1.29, 1.82) is 0 Å². The van der Waals surface area contributed by atoms with Gasteiger partial charge in [0.15, 0.2) is 0 Å². The molecule has 0 aliphatic rings. The lowest BCUT2D eigenvalue weighted by atomic mass is 10.1. The number of sulfonamides is 1. The van der Waals surface area contributed by atoms with Crippen molar-refractivity contribution < 1.29 is 8.42 Å². The first-order valence-corrected chi connectivity index (χ1v) is 7.47. The van der Waals surface area contributed by atoms with Crippen molar-refractivity contribution in [3.63, 3.8) is 0 Å². The summed E-state index contributed by atoms with van der Waals surface area (Å²) in [4.78, 5) is 0.260. The minimum absolute atomic E-state index is 0.149. The van der Waals surface area contributed by atoms with Crippen molar-refractivity contribution in [2.24, 2.45) is 0 Å². The van der Waals surface area contributed by atoms with E-state index < -0.39 is 10.0 Å². The molecular formula is C13H14ClNO2S. The SMILES string of the molecule is CC(C)NS(=O)(=O)c1ccc(Cl)c2ccccc12. The first-order chi connectivity index (χ1) is 8.42. The molecular weight excluding hydrogens is 270 g/mol. The maximum atomic E-state index is 12.2. The van der Waals surface area contributed by atoms with Crippen molar-refractivity contribution in [2.45, 2.75) is 24.8 Å². The van der Waals surface area contributed by atoms with Gasteiger partial charge in [0.1, 0.15) is 0 Å². The summed E-state index contributed by atoms with van der Waals surface area (Å²) >= 11 is 6.07. The average Bonchev–Trinajstić information content (AvgIpc) is 2.27. The van der Waals surface area contributed by atoms with Crippen LogP contribution in [0.25, 0.3) is 10.8 Å². The van der Waals surface area contributed by atoms with E-state index in [0.29, 0.717) is 10.4 Å². The summed E-state index contributed by atoms with van der Waals surface area (Å²) in [5.74, 6) is 0. The topological polar surface area (TPSA) is 46.2 Å². The molecule has 0 heterocycles. The van der Waals surface area contributed by atoms with Gasteiger partial charge in [0.25, 0.3) is 0 Å². The summed E-state index contributed by atoms with van der Waals surface area (Å²) in [7, 11) is -3.51. The number of fused-ring (bicyclic) bond motifs is 1. The van der Waals surface area contributed by atoms with E-state index in [0.717, 1.165) is 5.39 Å². The molecule has 0 saturated carbocycles. The van der Waals surface area contributed by atoms with Gasteiger partial charge >= 0.3 is 0 Å². The van der Waals surface area contributed by atoms with Crippen molar-refractivity contribution >= 4 is 32.4 Å². The Morgan fingerprint density at radius 3 is 2.28 bits per heavy atom. The summed E-state index contributed by atoms with van der Waals surface area (Å²) in [6.45, 7) is 3.57. The van der Waals surface area contributed by atoms with Crippen molar-refractivity contribution in [1.82, 2.24) is 4.72 Å². The van der Waals surface area contributed by atoms with Gasteiger partial charge < -0.3 is 0 Å². The van der Waals surface area contributed by atoms with Crippen molar-refractivity contribution in [3.05, 3.63) is 41.4 Å². The molecule has 3 nitrogen and oxygen atoms in total. The summed E-state index contributed by atoms with van der Waals surface area (Å²) in [5, 5.41) is 1.93. The Bertz CT molecular complexity index is 680. The van der Waals surface area contributed by atoms with Crippen LogP contribution in [0.2, 0.25) is 5.02 Å². The van der Waals surface area contributed by atoms with Crippen molar-refractivity contribution in [3.8, 4) is 0 Å². The third kappa shape index (κ3) is 2.51. The van der Waals surface area contributed by atoms with Crippen LogP contribution in [-0.4, -0.2) is 14.5 Å². The summed E-state index contributed by atoms with van der Waals surface area (Å²) in [6, 6.07) is 10.2. The second-order valence-electron chi connectivity index (χ2n) is 4.37. The van der Waals surface area contributed by atoms with Gasteiger partial charge in [-0.1, -0.05) is 35.9 Å². The van der Waals surface area contributed by atoms with Crippen LogP contribution >= 0.6 is 11.6 Å². The van der Waals surface area contributed by atoms with Gasteiger partial charge in [-0.15, -0.1) is 0 Å². The molecule has 0 bridgehead atoms. The molecule has 0 aliphatic carbocycles. The molecule has 0 fully saturated rings. The first-order valence-electron chi connectivity index (χ1n) is 5.61. The van der Waals surface area contributed by atoms with Crippen LogP contribution in [0.15, 0.2) is 41.3 Å². The maximum absolute atomic E-state index is 12.2. The molecule has 2 aromatic carbocycles. The molecule has 2 aromatic rings. The fourth-order valence-electron chi connectivity index (χ4n) is 1.84. The van der Waals surface area contributed by atoms with E-state index >= 15 is 0 Å². The largest absolute Gasteiger partial charge is 0.241 e. The van der Waals surface area contributed by atoms with E-state index in [-0.39, 0.29) is 10.9 Å². The molecule has 0 spiro atoms. The Morgan fingerprint density at radius 2 is 1.67 bits per heavy atom. The minimum atomic E-state index is -3.51. The molecule has 0 aliphatic heterocycles. The van der Waals surface area contributed by atoms with Crippen LogP contribution in [0.5, 0.6) is 0 Å². The number of nitrogens with one attached hydrogen (secondary N) is 1. The van der Waals surface area contributed by atoms with Gasteiger partial charge in [0, 0.05) is 21.8 Å². The smallest absolute Gasteiger partial charge is 0.209 e. The molecule has 2 rings (SSSR count). The molecule has 0 unspecified atom stereocenters. The highest BCUT2D eigenvalue weighted by Crippen LogP contribution is 2.29. The summed E-state index contributed by atoms with van der Waals surface area (Å²) in [6.07, 6.45) is 0. The first kappa shape index (κ1) is 13.3. The highest BCUT2D eigenvalue weighted by molar-refractivity contribution is 7.89. The molecule has 18 heavy (non-hydrogen) atoms. The second kappa shape index (κ2) is 4.88. The van der Waals surface area contributed by atoms with Crippen LogP contribution < -0.4 is 4.72 Å². The zero-order chi connectivity index (χ0) is 13.3. The van der Waals surface area contributed by atoms with Gasteiger partial charge in [0.05, 0.1) is 4.90 Å². The fourth-order valence-corrected chi connectivity index (χ4v) is 3.53. The molecule has 5 heteroatoms. The Kier molecular flexibility index (Phi) is 3.61. The van der Waals surface area contributed by atoms with Gasteiger partial charge in [-0.25, -0.2) is 13.1 Å². The molecule has 96 valence electrons.